The molecule has 2 aliphatic rings. The lowest BCUT2D eigenvalue weighted by molar-refractivity contribution is -0.132. The standard InChI is InChI=1S/C20H27N3O2S/c1-12(2)11-23(13-7-8-13)17(24)10-9-16-21-19(25)18-14-5-3-4-6-15(14)26-20(18)22-16/h12-13H,3-11H2,1-2H3,(H,21,22,25). The van der Waals surface area contributed by atoms with Gasteiger partial charge in [-0.3, -0.25) is 9.59 Å². The van der Waals surface area contributed by atoms with Gasteiger partial charge in [0.1, 0.15) is 10.7 Å². The Morgan fingerprint density at radius 1 is 1.31 bits per heavy atom. The molecule has 0 aromatic carbocycles. The predicted octanol–water partition coefficient (Wildman–Crippen LogP) is 3.44. The van der Waals surface area contributed by atoms with Crippen LogP contribution in [-0.4, -0.2) is 33.4 Å². The van der Waals surface area contributed by atoms with Gasteiger partial charge in [0, 0.05) is 30.3 Å². The van der Waals surface area contributed by atoms with E-state index in [9.17, 15) is 9.59 Å². The molecule has 0 spiro atoms. The van der Waals surface area contributed by atoms with Crippen molar-refractivity contribution in [2.45, 2.75) is 71.3 Å². The summed E-state index contributed by atoms with van der Waals surface area (Å²) in [6.45, 7) is 5.12. The molecular weight excluding hydrogens is 346 g/mol. The largest absolute Gasteiger partial charge is 0.339 e. The Hall–Kier alpha value is -1.69. The minimum absolute atomic E-state index is 0.0296. The average Bonchev–Trinajstić information content (AvgIpc) is 3.37. The molecule has 2 aromatic rings. The quantitative estimate of drug-likeness (QED) is 0.843. The molecule has 0 bridgehead atoms. The van der Waals surface area contributed by atoms with Gasteiger partial charge in [0.15, 0.2) is 0 Å². The zero-order chi connectivity index (χ0) is 18.3. The first kappa shape index (κ1) is 17.7. The Labute approximate surface area is 157 Å². The van der Waals surface area contributed by atoms with Crippen LogP contribution in [0.2, 0.25) is 0 Å². The fourth-order valence-electron chi connectivity index (χ4n) is 3.93. The van der Waals surface area contributed by atoms with Gasteiger partial charge < -0.3 is 9.88 Å². The first-order valence-corrected chi connectivity index (χ1v) is 10.7. The normalized spacial score (nSPS) is 16.9. The van der Waals surface area contributed by atoms with E-state index in [4.69, 9.17) is 0 Å². The van der Waals surface area contributed by atoms with Crippen molar-refractivity contribution in [2.75, 3.05) is 6.54 Å². The number of carbonyl (C=O) groups excluding carboxylic acids is 1. The highest BCUT2D eigenvalue weighted by Crippen LogP contribution is 2.33. The van der Waals surface area contributed by atoms with E-state index in [1.807, 2.05) is 4.90 Å². The molecule has 0 aliphatic heterocycles. The molecular formula is C20H27N3O2S. The number of aromatic nitrogens is 2. The van der Waals surface area contributed by atoms with Crippen molar-refractivity contribution in [3.8, 4) is 0 Å². The molecule has 6 heteroatoms. The van der Waals surface area contributed by atoms with Crippen LogP contribution in [0.25, 0.3) is 10.2 Å². The maximum absolute atomic E-state index is 12.6. The van der Waals surface area contributed by atoms with E-state index in [1.54, 1.807) is 11.3 Å². The van der Waals surface area contributed by atoms with Crippen LogP contribution in [0.1, 0.15) is 62.2 Å². The summed E-state index contributed by atoms with van der Waals surface area (Å²) in [5.41, 5.74) is 1.18. The van der Waals surface area contributed by atoms with Gasteiger partial charge in [0.25, 0.3) is 5.56 Å². The highest BCUT2D eigenvalue weighted by molar-refractivity contribution is 7.18. The van der Waals surface area contributed by atoms with Crippen LogP contribution >= 0.6 is 11.3 Å². The summed E-state index contributed by atoms with van der Waals surface area (Å²) < 4.78 is 0. The van der Waals surface area contributed by atoms with Gasteiger partial charge in [0.05, 0.1) is 5.39 Å². The molecule has 0 atom stereocenters. The first-order valence-electron chi connectivity index (χ1n) is 9.86. The van der Waals surface area contributed by atoms with Crippen LogP contribution in [0.3, 0.4) is 0 Å². The lowest BCUT2D eigenvalue weighted by Gasteiger charge is -2.24. The van der Waals surface area contributed by atoms with Crippen LogP contribution in [-0.2, 0) is 24.1 Å². The number of amides is 1. The van der Waals surface area contributed by atoms with E-state index in [0.29, 0.717) is 30.6 Å². The number of nitrogens with one attached hydrogen (secondary N) is 1. The minimum atomic E-state index is -0.0296. The van der Waals surface area contributed by atoms with Crippen molar-refractivity contribution in [3.63, 3.8) is 0 Å². The lowest BCUT2D eigenvalue weighted by Crippen LogP contribution is -2.36. The zero-order valence-corrected chi connectivity index (χ0v) is 16.5. The summed E-state index contributed by atoms with van der Waals surface area (Å²) in [4.78, 5) is 37.1. The van der Waals surface area contributed by atoms with E-state index >= 15 is 0 Å². The Kier molecular flexibility index (Phi) is 4.86. The second-order valence-corrected chi connectivity index (χ2v) is 9.16. The molecule has 1 amide bonds. The molecule has 1 fully saturated rings. The third-order valence-electron chi connectivity index (χ3n) is 5.32. The Morgan fingerprint density at radius 3 is 2.81 bits per heavy atom. The summed E-state index contributed by atoms with van der Waals surface area (Å²) in [5, 5.41) is 0.791. The molecule has 0 saturated heterocycles. The van der Waals surface area contributed by atoms with Crippen LogP contribution in [0.15, 0.2) is 4.79 Å². The molecule has 26 heavy (non-hydrogen) atoms. The molecule has 2 heterocycles. The highest BCUT2D eigenvalue weighted by Gasteiger charge is 2.32. The second-order valence-electron chi connectivity index (χ2n) is 8.07. The number of rotatable bonds is 6. The molecule has 0 radical (unpaired) electrons. The number of H-pyrrole nitrogens is 1. The minimum Gasteiger partial charge on any atom is -0.339 e. The van der Waals surface area contributed by atoms with Crippen molar-refractivity contribution in [1.82, 2.24) is 14.9 Å². The molecule has 4 rings (SSSR count). The van der Waals surface area contributed by atoms with E-state index < -0.39 is 0 Å². The molecule has 5 nitrogen and oxygen atoms in total. The average molecular weight is 374 g/mol. The van der Waals surface area contributed by atoms with Crippen molar-refractivity contribution >= 4 is 27.5 Å². The van der Waals surface area contributed by atoms with Crippen molar-refractivity contribution < 1.29 is 4.79 Å². The van der Waals surface area contributed by atoms with E-state index in [-0.39, 0.29) is 11.5 Å². The van der Waals surface area contributed by atoms with Gasteiger partial charge >= 0.3 is 0 Å². The molecule has 2 aliphatic carbocycles. The molecule has 1 saturated carbocycles. The molecule has 1 N–H and O–H groups in total. The van der Waals surface area contributed by atoms with E-state index in [2.05, 4.69) is 23.8 Å². The fourth-order valence-corrected chi connectivity index (χ4v) is 5.21. The third-order valence-corrected chi connectivity index (χ3v) is 6.51. The number of carbonyl (C=O) groups is 1. The number of aryl methyl sites for hydroxylation is 3. The fraction of sp³-hybridized carbons (Fsp3) is 0.650. The number of thiophene rings is 1. The second kappa shape index (κ2) is 7.14. The van der Waals surface area contributed by atoms with E-state index in [0.717, 1.165) is 48.9 Å². The number of hydrogen-bond acceptors (Lipinski definition) is 4. The highest BCUT2D eigenvalue weighted by atomic mass is 32.1. The number of aromatic amines is 1. The Bertz CT molecular complexity index is 879. The van der Waals surface area contributed by atoms with Gasteiger partial charge in [0.2, 0.25) is 5.91 Å². The number of nitrogens with zero attached hydrogens (tertiary/aromatic N) is 2. The number of hydrogen-bond donors (Lipinski definition) is 1. The van der Waals surface area contributed by atoms with Crippen LogP contribution < -0.4 is 5.56 Å². The van der Waals surface area contributed by atoms with Crippen LogP contribution in [0.5, 0.6) is 0 Å². The van der Waals surface area contributed by atoms with Crippen molar-refractivity contribution in [1.29, 1.82) is 0 Å². The number of fused-ring (bicyclic) bond motifs is 3. The summed E-state index contributed by atoms with van der Waals surface area (Å²) in [5.74, 6) is 1.32. The maximum atomic E-state index is 12.6. The lowest BCUT2D eigenvalue weighted by atomic mass is 9.97. The van der Waals surface area contributed by atoms with Crippen LogP contribution in [0, 0.1) is 5.92 Å². The SMILES string of the molecule is CC(C)CN(C(=O)CCc1nc2sc3c(c2c(=O)[nH]1)CCCC3)C1CC1. The molecule has 0 unspecified atom stereocenters. The third kappa shape index (κ3) is 3.56. The monoisotopic (exact) mass is 373 g/mol. The van der Waals surface area contributed by atoms with Gasteiger partial charge in [-0.05, 0) is 50.0 Å². The van der Waals surface area contributed by atoms with Gasteiger partial charge in [-0.25, -0.2) is 4.98 Å². The predicted molar refractivity (Wildman–Crippen MR) is 105 cm³/mol. The summed E-state index contributed by atoms with van der Waals surface area (Å²) in [6.07, 6.45) is 7.59. The summed E-state index contributed by atoms with van der Waals surface area (Å²) >= 11 is 1.67. The van der Waals surface area contributed by atoms with Gasteiger partial charge in [-0.2, -0.15) is 0 Å². The van der Waals surface area contributed by atoms with Crippen molar-refractivity contribution in [2.24, 2.45) is 5.92 Å². The summed E-state index contributed by atoms with van der Waals surface area (Å²) in [6, 6.07) is 0.434. The maximum Gasteiger partial charge on any atom is 0.259 e. The zero-order valence-electron chi connectivity index (χ0n) is 15.6. The van der Waals surface area contributed by atoms with E-state index in [1.165, 1.54) is 16.9 Å². The smallest absolute Gasteiger partial charge is 0.259 e. The first-order chi connectivity index (χ1) is 12.5. The van der Waals surface area contributed by atoms with Gasteiger partial charge in [-0.15, -0.1) is 11.3 Å². The van der Waals surface area contributed by atoms with Crippen LogP contribution in [0.4, 0.5) is 0 Å². The Balaban J connectivity index is 1.50. The Morgan fingerprint density at radius 2 is 2.08 bits per heavy atom. The summed E-state index contributed by atoms with van der Waals surface area (Å²) in [7, 11) is 0. The van der Waals surface area contributed by atoms with Gasteiger partial charge in [-0.1, -0.05) is 13.8 Å². The molecule has 140 valence electrons. The van der Waals surface area contributed by atoms with Crippen molar-refractivity contribution in [3.05, 3.63) is 26.6 Å². The topological polar surface area (TPSA) is 66.1 Å². The molecule has 2 aromatic heterocycles.